The maximum Gasteiger partial charge on any atom is 0.0710 e. The fourth-order valence-corrected chi connectivity index (χ4v) is 4.16. The standard InChI is InChI=1S/C20H25Cl2N3/c1-3-4-19-20(17-10-5-14(21)13-18(17)22)25(12-11-24-19)16-8-6-15(23-2)7-9-16/h5-10,13,19-20,23-24H,3-4,11-12H2,1-2H3/t19-,20+/m1/s1. The van der Waals surface area contributed by atoms with Crippen LogP contribution in [0.15, 0.2) is 42.5 Å². The quantitative estimate of drug-likeness (QED) is 0.734. The van der Waals surface area contributed by atoms with Gasteiger partial charge in [0.25, 0.3) is 0 Å². The summed E-state index contributed by atoms with van der Waals surface area (Å²) in [5.41, 5.74) is 3.47. The Morgan fingerprint density at radius 2 is 1.92 bits per heavy atom. The summed E-state index contributed by atoms with van der Waals surface area (Å²) in [4.78, 5) is 2.46. The molecule has 3 rings (SSSR count). The average molecular weight is 378 g/mol. The lowest BCUT2D eigenvalue weighted by molar-refractivity contribution is 0.351. The van der Waals surface area contributed by atoms with E-state index in [1.165, 1.54) is 5.69 Å². The highest BCUT2D eigenvalue weighted by Gasteiger charge is 2.33. The Kier molecular flexibility index (Phi) is 6.10. The summed E-state index contributed by atoms with van der Waals surface area (Å²) in [5.74, 6) is 0. The van der Waals surface area contributed by atoms with Crippen molar-refractivity contribution < 1.29 is 0 Å². The molecule has 0 aromatic heterocycles. The zero-order valence-electron chi connectivity index (χ0n) is 14.7. The minimum Gasteiger partial charge on any atom is -0.388 e. The van der Waals surface area contributed by atoms with Crippen molar-refractivity contribution in [1.82, 2.24) is 5.32 Å². The van der Waals surface area contributed by atoms with Crippen molar-refractivity contribution in [2.24, 2.45) is 0 Å². The van der Waals surface area contributed by atoms with E-state index in [4.69, 9.17) is 23.2 Å². The molecule has 1 aliphatic heterocycles. The average Bonchev–Trinajstić information content (AvgIpc) is 2.62. The molecule has 1 heterocycles. The molecule has 1 saturated heterocycles. The lowest BCUT2D eigenvalue weighted by Gasteiger charge is -2.44. The first kappa shape index (κ1) is 18.4. The van der Waals surface area contributed by atoms with E-state index in [9.17, 15) is 0 Å². The molecule has 0 bridgehead atoms. The molecular formula is C20H25Cl2N3. The molecule has 2 atom stereocenters. The predicted octanol–water partition coefficient (Wildman–Crippen LogP) is 5.35. The van der Waals surface area contributed by atoms with Crippen molar-refractivity contribution in [2.45, 2.75) is 31.8 Å². The van der Waals surface area contributed by atoms with Gasteiger partial charge in [0.1, 0.15) is 0 Å². The summed E-state index contributed by atoms with van der Waals surface area (Å²) in [6, 6.07) is 15.0. The summed E-state index contributed by atoms with van der Waals surface area (Å²) in [6.45, 7) is 4.14. The molecule has 2 aromatic carbocycles. The number of hydrogen-bond donors (Lipinski definition) is 2. The lowest BCUT2D eigenvalue weighted by atomic mass is 9.91. The van der Waals surface area contributed by atoms with E-state index in [1.54, 1.807) is 0 Å². The minimum absolute atomic E-state index is 0.193. The van der Waals surface area contributed by atoms with Gasteiger partial charge in [0, 0.05) is 47.6 Å². The van der Waals surface area contributed by atoms with Gasteiger partial charge in [-0.15, -0.1) is 0 Å². The first-order chi connectivity index (χ1) is 12.1. The second kappa shape index (κ2) is 8.31. The monoisotopic (exact) mass is 377 g/mol. The van der Waals surface area contributed by atoms with E-state index < -0.39 is 0 Å². The van der Waals surface area contributed by atoms with Gasteiger partial charge in [-0.3, -0.25) is 0 Å². The van der Waals surface area contributed by atoms with Gasteiger partial charge in [-0.1, -0.05) is 42.6 Å². The first-order valence-corrected chi connectivity index (χ1v) is 9.62. The largest absolute Gasteiger partial charge is 0.388 e. The molecule has 3 nitrogen and oxygen atoms in total. The Morgan fingerprint density at radius 3 is 2.56 bits per heavy atom. The molecule has 0 radical (unpaired) electrons. The lowest BCUT2D eigenvalue weighted by Crippen LogP contribution is -2.53. The molecule has 0 unspecified atom stereocenters. The summed E-state index contributed by atoms with van der Waals surface area (Å²) in [6.07, 6.45) is 2.24. The van der Waals surface area contributed by atoms with Crippen LogP contribution in [0.3, 0.4) is 0 Å². The van der Waals surface area contributed by atoms with Gasteiger partial charge in [0.2, 0.25) is 0 Å². The van der Waals surface area contributed by atoms with Crippen LogP contribution < -0.4 is 15.5 Å². The second-order valence-corrected chi connectivity index (χ2v) is 7.29. The van der Waals surface area contributed by atoms with Crippen LogP contribution in [0.2, 0.25) is 10.0 Å². The van der Waals surface area contributed by atoms with E-state index >= 15 is 0 Å². The fraction of sp³-hybridized carbons (Fsp3) is 0.400. The van der Waals surface area contributed by atoms with Crippen molar-refractivity contribution in [1.29, 1.82) is 0 Å². The van der Waals surface area contributed by atoms with E-state index in [1.807, 2.05) is 19.2 Å². The molecule has 5 heteroatoms. The van der Waals surface area contributed by atoms with Crippen LogP contribution in [0.4, 0.5) is 11.4 Å². The molecule has 1 aliphatic rings. The smallest absolute Gasteiger partial charge is 0.0710 e. The molecule has 1 fully saturated rings. The molecule has 0 aliphatic carbocycles. The van der Waals surface area contributed by atoms with Gasteiger partial charge in [0.05, 0.1) is 6.04 Å². The van der Waals surface area contributed by atoms with Crippen LogP contribution in [0.25, 0.3) is 0 Å². The van der Waals surface area contributed by atoms with Gasteiger partial charge in [0.15, 0.2) is 0 Å². The van der Waals surface area contributed by atoms with Crippen LogP contribution in [-0.2, 0) is 0 Å². The van der Waals surface area contributed by atoms with Gasteiger partial charge in [-0.05, 0) is 48.4 Å². The molecule has 0 amide bonds. The van der Waals surface area contributed by atoms with E-state index in [0.717, 1.165) is 42.2 Å². The van der Waals surface area contributed by atoms with E-state index in [-0.39, 0.29) is 6.04 Å². The summed E-state index contributed by atoms with van der Waals surface area (Å²) >= 11 is 12.7. The van der Waals surface area contributed by atoms with Crippen molar-refractivity contribution in [2.75, 3.05) is 30.4 Å². The maximum absolute atomic E-state index is 6.58. The Hall–Kier alpha value is -1.42. The molecular weight excluding hydrogens is 353 g/mol. The Morgan fingerprint density at radius 1 is 1.16 bits per heavy atom. The van der Waals surface area contributed by atoms with Crippen LogP contribution in [0.1, 0.15) is 31.4 Å². The third-order valence-corrected chi connectivity index (χ3v) is 5.41. The molecule has 25 heavy (non-hydrogen) atoms. The molecule has 0 spiro atoms. The molecule has 2 N–H and O–H groups in total. The number of nitrogens with zero attached hydrogens (tertiary/aromatic N) is 1. The Balaban J connectivity index is 2.00. The minimum atomic E-state index is 0.193. The zero-order valence-corrected chi connectivity index (χ0v) is 16.2. The predicted molar refractivity (Wildman–Crippen MR) is 109 cm³/mol. The van der Waals surface area contributed by atoms with Gasteiger partial charge in [-0.2, -0.15) is 0 Å². The van der Waals surface area contributed by atoms with Crippen molar-refractivity contribution in [3.05, 3.63) is 58.1 Å². The third-order valence-electron chi connectivity index (χ3n) is 4.84. The SMILES string of the molecule is CCC[C@H]1NCCN(c2ccc(NC)cc2)[C@H]1c1ccc(Cl)cc1Cl. The normalized spacial score (nSPS) is 20.6. The first-order valence-electron chi connectivity index (χ1n) is 8.86. The topological polar surface area (TPSA) is 27.3 Å². The number of hydrogen-bond acceptors (Lipinski definition) is 3. The number of rotatable bonds is 5. The number of benzene rings is 2. The van der Waals surface area contributed by atoms with E-state index in [0.29, 0.717) is 11.1 Å². The number of nitrogens with one attached hydrogen (secondary N) is 2. The number of halogens is 2. The second-order valence-electron chi connectivity index (χ2n) is 6.45. The molecule has 2 aromatic rings. The highest BCUT2D eigenvalue weighted by atomic mass is 35.5. The van der Waals surface area contributed by atoms with Gasteiger partial charge < -0.3 is 15.5 Å². The van der Waals surface area contributed by atoms with Crippen LogP contribution in [0.5, 0.6) is 0 Å². The van der Waals surface area contributed by atoms with Crippen molar-refractivity contribution in [3.63, 3.8) is 0 Å². The third kappa shape index (κ3) is 4.05. The Bertz CT molecular complexity index is 701. The summed E-state index contributed by atoms with van der Waals surface area (Å²) < 4.78 is 0. The van der Waals surface area contributed by atoms with Gasteiger partial charge >= 0.3 is 0 Å². The number of anilines is 2. The Labute approximate surface area is 160 Å². The van der Waals surface area contributed by atoms with E-state index in [2.05, 4.69) is 52.8 Å². The molecule has 134 valence electrons. The molecule has 0 saturated carbocycles. The highest BCUT2D eigenvalue weighted by molar-refractivity contribution is 6.35. The van der Waals surface area contributed by atoms with Gasteiger partial charge in [-0.25, -0.2) is 0 Å². The van der Waals surface area contributed by atoms with Crippen LogP contribution in [0, 0.1) is 0 Å². The maximum atomic E-state index is 6.58. The van der Waals surface area contributed by atoms with Crippen LogP contribution >= 0.6 is 23.2 Å². The van der Waals surface area contributed by atoms with Crippen molar-refractivity contribution in [3.8, 4) is 0 Å². The highest BCUT2D eigenvalue weighted by Crippen LogP contribution is 2.38. The van der Waals surface area contributed by atoms with Crippen molar-refractivity contribution >= 4 is 34.6 Å². The number of piperazine rings is 1. The zero-order chi connectivity index (χ0) is 17.8. The summed E-state index contributed by atoms with van der Waals surface area (Å²) in [5, 5.41) is 8.28. The summed E-state index contributed by atoms with van der Waals surface area (Å²) in [7, 11) is 1.94. The fourth-order valence-electron chi connectivity index (χ4n) is 3.64. The van der Waals surface area contributed by atoms with Crippen LogP contribution in [-0.4, -0.2) is 26.2 Å².